The second kappa shape index (κ2) is 7.85. The fourth-order valence-corrected chi connectivity index (χ4v) is 6.58. The Kier molecular flexibility index (Phi) is 5.02. The highest BCUT2D eigenvalue weighted by Crippen LogP contribution is 2.62. The Labute approximate surface area is 183 Å². The van der Waals surface area contributed by atoms with Crippen molar-refractivity contribution in [3.05, 3.63) is 47.2 Å². The van der Waals surface area contributed by atoms with Crippen LogP contribution in [-0.2, 0) is 6.54 Å². The molecular formula is C25H28N6. The van der Waals surface area contributed by atoms with Crippen molar-refractivity contribution in [3.63, 3.8) is 0 Å². The molecule has 6 heteroatoms. The second-order valence-corrected chi connectivity index (χ2v) is 9.87. The molecule has 31 heavy (non-hydrogen) atoms. The van der Waals surface area contributed by atoms with Gasteiger partial charge in [-0.25, -0.2) is 4.98 Å². The van der Waals surface area contributed by atoms with E-state index in [2.05, 4.69) is 39.7 Å². The van der Waals surface area contributed by atoms with Crippen molar-refractivity contribution in [2.45, 2.75) is 45.6 Å². The van der Waals surface area contributed by atoms with Gasteiger partial charge in [0.1, 0.15) is 17.5 Å². The molecule has 0 amide bonds. The standard InChI is InChI=1S/C25H28N6/c1-16-20-6-17-7-21(16)10-25(8-17,9-20)15-30-23-22(12-27)14-29-24(31-23)28-13-19-5-3-2-4-18(19)11-26/h2-5,14,16-17,20-21H,6-10,13,15H2,1H3,(H2,28,29,30,31). The van der Waals surface area contributed by atoms with Gasteiger partial charge in [0.2, 0.25) is 5.95 Å². The van der Waals surface area contributed by atoms with E-state index in [1.54, 1.807) is 12.3 Å². The molecule has 0 aliphatic heterocycles. The van der Waals surface area contributed by atoms with Crippen LogP contribution in [0.15, 0.2) is 30.5 Å². The lowest BCUT2D eigenvalue weighted by Gasteiger charge is -2.59. The Hall–Kier alpha value is -3.12. The molecule has 158 valence electrons. The van der Waals surface area contributed by atoms with Crippen molar-refractivity contribution >= 4 is 11.8 Å². The van der Waals surface area contributed by atoms with Crippen molar-refractivity contribution < 1.29 is 0 Å². The predicted molar refractivity (Wildman–Crippen MR) is 119 cm³/mol. The lowest BCUT2D eigenvalue weighted by molar-refractivity contribution is -0.0822. The fourth-order valence-electron chi connectivity index (χ4n) is 6.58. The van der Waals surface area contributed by atoms with E-state index in [1.165, 1.54) is 32.1 Å². The third-order valence-electron chi connectivity index (χ3n) is 7.99. The van der Waals surface area contributed by atoms with E-state index in [0.717, 1.165) is 35.8 Å². The molecule has 2 aromatic rings. The van der Waals surface area contributed by atoms with Crippen LogP contribution in [0.1, 0.15) is 55.7 Å². The van der Waals surface area contributed by atoms with Gasteiger partial charge in [0.25, 0.3) is 0 Å². The predicted octanol–water partition coefficient (Wildman–Crippen LogP) is 4.71. The normalized spacial score (nSPS) is 30.4. The van der Waals surface area contributed by atoms with Crippen LogP contribution in [0.3, 0.4) is 0 Å². The first-order chi connectivity index (χ1) is 15.1. The summed E-state index contributed by atoms with van der Waals surface area (Å²) in [6.45, 7) is 3.79. The van der Waals surface area contributed by atoms with Crippen molar-refractivity contribution in [3.8, 4) is 12.1 Å². The quantitative estimate of drug-likeness (QED) is 0.713. The van der Waals surface area contributed by atoms with Crippen LogP contribution < -0.4 is 10.6 Å². The lowest BCUT2D eigenvalue weighted by Crippen LogP contribution is -2.52. The minimum absolute atomic E-state index is 0.347. The molecule has 4 fully saturated rings. The zero-order valence-corrected chi connectivity index (χ0v) is 17.9. The Morgan fingerprint density at radius 2 is 1.77 bits per heavy atom. The molecule has 4 saturated carbocycles. The molecule has 2 unspecified atom stereocenters. The summed E-state index contributed by atoms with van der Waals surface area (Å²) >= 11 is 0. The van der Waals surface area contributed by atoms with Crippen LogP contribution in [0.2, 0.25) is 0 Å². The monoisotopic (exact) mass is 412 g/mol. The number of nitrogens with zero attached hydrogens (tertiary/aromatic N) is 4. The second-order valence-electron chi connectivity index (χ2n) is 9.87. The number of hydrogen-bond donors (Lipinski definition) is 2. The van der Waals surface area contributed by atoms with Gasteiger partial charge in [-0.1, -0.05) is 25.1 Å². The van der Waals surface area contributed by atoms with Crippen molar-refractivity contribution in [1.82, 2.24) is 9.97 Å². The minimum Gasteiger partial charge on any atom is -0.368 e. The number of aromatic nitrogens is 2. The summed E-state index contributed by atoms with van der Waals surface area (Å²) < 4.78 is 0. The van der Waals surface area contributed by atoms with E-state index in [9.17, 15) is 10.5 Å². The fraction of sp³-hybridized carbons (Fsp3) is 0.520. The number of nitriles is 2. The van der Waals surface area contributed by atoms with E-state index in [4.69, 9.17) is 0 Å². The third-order valence-corrected chi connectivity index (χ3v) is 7.99. The smallest absolute Gasteiger partial charge is 0.224 e. The maximum atomic E-state index is 9.55. The summed E-state index contributed by atoms with van der Waals surface area (Å²) in [4.78, 5) is 8.91. The average Bonchev–Trinajstić information content (AvgIpc) is 2.79. The molecular weight excluding hydrogens is 384 g/mol. The summed E-state index contributed by atoms with van der Waals surface area (Å²) in [6, 6.07) is 11.9. The molecule has 0 spiro atoms. The zero-order valence-electron chi connectivity index (χ0n) is 17.9. The Morgan fingerprint density at radius 1 is 1.03 bits per heavy atom. The molecule has 6 nitrogen and oxygen atoms in total. The molecule has 2 N–H and O–H groups in total. The van der Waals surface area contributed by atoms with Crippen molar-refractivity contribution in [2.75, 3.05) is 17.2 Å². The summed E-state index contributed by atoms with van der Waals surface area (Å²) in [5, 5.41) is 25.6. The largest absolute Gasteiger partial charge is 0.368 e. The van der Waals surface area contributed by atoms with Crippen LogP contribution in [0.4, 0.5) is 11.8 Å². The molecule has 4 aliphatic carbocycles. The van der Waals surface area contributed by atoms with E-state index in [1.807, 2.05) is 18.2 Å². The first-order valence-corrected chi connectivity index (χ1v) is 11.3. The third kappa shape index (κ3) is 3.72. The number of nitrogens with one attached hydrogen (secondary N) is 2. The maximum absolute atomic E-state index is 9.55. The summed E-state index contributed by atoms with van der Waals surface area (Å²) in [5.74, 6) is 4.56. The molecule has 4 aliphatic rings. The van der Waals surface area contributed by atoms with Gasteiger partial charge in [-0.05, 0) is 72.8 Å². The summed E-state index contributed by atoms with van der Waals surface area (Å²) in [6.07, 6.45) is 8.32. The number of rotatable bonds is 6. The first-order valence-electron chi connectivity index (χ1n) is 11.3. The van der Waals surface area contributed by atoms with Gasteiger partial charge in [-0.2, -0.15) is 15.5 Å². The minimum atomic E-state index is 0.347. The highest BCUT2D eigenvalue weighted by Gasteiger charge is 2.53. The van der Waals surface area contributed by atoms with E-state index < -0.39 is 0 Å². The summed E-state index contributed by atoms with van der Waals surface area (Å²) in [7, 11) is 0. The van der Waals surface area contributed by atoms with E-state index >= 15 is 0 Å². The SMILES string of the molecule is CC1C2CC3CC1CC(CNc1nc(NCc4ccccc4C#N)ncc1C#N)(C3)C2. The van der Waals surface area contributed by atoms with Gasteiger partial charge in [-0.15, -0.1) is 0 Å². The van der Waals surface area contributed by atoms with Crippen LogP contribution >= 0.6 is 0 Å². The van der Waals surface area contributed by atoms with Crippen LogP contribution in [-0.4, -0.2) is 16.5 Å². The molecule has 1 heterocycles. The molecule has 6 rings (SSSR count). The summed E-state index contributed by atoms with van der Waals surface area (Å²) in [5.41, 5.74) is 2.36. The van der Waals surface area contributed by atoms with Crippen LogP contribution in [0.25, 0.3) is 0 Å². The highest BCUT2D eigenvalue weighted by molar-refractivity contribution is 5.53. The van der Waals surface area contributed by atoms with Gasteiger partial charge in [0.15, 0.2) is 0 Å². The van der Waals surface area contributed by atoms with Crippen LogP contribution in [0.5, 0.6) is 0 Å². The van der Waals surface area contributed by atoms with Gasteiger partial charge in [-0.3, -0.25) is 0 Å². The van der Waals surface area contributed by atoms with E-state index in [0.29, 0.717) is 34.9 Å². The van der Waals surface area contributed by atoms with Gasteiger partial charge < -0.3 is 10.6 Å². The Bertz CT molecular complexity index is 1050. The van der Waals surface area contributed by atoms with Gasteiger partial charge in [0, 0.05) is 13.1 Å². The first kappa shape index (κ1) is 19.8. The van der Waals surface area contributed by atoms with Crippen LogP contribution in [0, 0.1) is 51.7 Å². The topological polar surface area (TPSA) is 97.4 Å². The average molecular weight is 413 g/mol. The molecule has 2 atom stereocenters. The van der Waals surface area contributed by atoms with Crippen molar-refractivity contribution in [2.24, 2.45) is 29.1 Å². The van der Waals surface area contributed by atoms with Crippen molar-refractivity contribution in [1.29, 1.82) is 10.5 Å². The molecule has 0 radical (unpaired) electrons. The maximum Gasteiger partial charge on any atom is 0.224 e. The molecule has 1 aromatic carbocycles. The Morgan fingerprint density at radius 3 is 2.52 bits per heavy atom. The van der Waals surface area contributed by atoms with E-state index in [-0.39, 0.29) is 0 Å². The number of benzene rings is 1. The molecule has 1 aromatic heterocycles. The highest BCUT2D eigenvalue weighted by atomic mass is 15.1. The Balaban J connectivity index is 1.29. The molecule has 0 saturated heterocycles. The number of hydrogen-bond acceptors (Lipinski definition) is 6. The number of anilines is 2. The zero-order chi connectivity index (χ0) is 21.4. The van der Waals surface area contributed by atoms with Gasteiger partial charge >= 0.3 is 0 Å². The lowest BCUT2D eigenvalue weighted by atomic mass is 9.46. The van der Waals surface area contributed by atoms with Gasteiger partial charge in [0.05, 0.1) is 17.8 Å². The molecule has 4 bridgehead atoms.